The molecule has 0 aromatic heterocycles. The molecule has 0 aliphatic carbocycles. The zero-order valence-electron chi connectivity index (χ0n) is 16.9. The molecule has 1 aromatic carbocycles. The van der Waals surface area contributed by atoms with Gasteiger partial charge < -0.3 is 14.5 Å². The number of esters is 1. The Kier molecular flexibility index (Phi) is 8.50. The molecule has 0 saturated carbocycles. The summed E-state index contributed by atoms with van der Waals surface area (Å²) in [6.07, 6.45) is 1.39. The summed E-state index contributed by atoms with van der Waals surface area (Å²) in [6, 6.07) is 9.13. The SMILES string of the molecule is COC(=O)[C@H](CCO[Si](C)(C)C(C)(C)C)NC(=O)CCc1ccccc1. The largest absolute Gasteiger partial charge is 0.467 e. The minimum Gasteiger partial charge on any atom is -0.467 e. The van der Waals surface area contributed by atoms with Crippen molar-refractivity contribution < 1.29 is 18.8 Å². The average Bonchev–Trinajstić information content (AvgIpc) is 2.58. The van der Waals surface area contributed by atoms with E-state index < -0.39 is 20.3 Å². The van der Waals surface area contributed by atoms with Gasteiger partial charge in [-0.25, -0.2) is 4.79 Å². The fourth-order valence-corrected chi connectivity index (χ4v) is 3.27. The lowest BCUT2D eigenvalue weighted by atomic mass is 10.1. The number of amides is 1. The molecule has 6 heteroatoms. The maximum Gasteiger partial charge on any atom is 0.328 e. The van der Waals surface area contributed by atoms with Crippen LogP contribution in [-0.4, -0.2) is 40.0 Å². The predicted molar refractivity (Wildman–Crippen MR) is 106 cm³/mol. The monoisotopic (exact) mass is 379 g/mol. The summed E-state index contributed by atoms with van der Waals surface area (Å²) >= 11 is 0. The van der Waals surface area contributed by atoms with Gasteiger partial charge in [-0.05, 0) is 30.1 Å². The standard InChI is InChI=1S/C20H33NO4Si/c1-20(2,3)26(5,6)25-15-14-17(19(23)24-4)21-18(22)13-12-16-10-8-7-9-11-16/h7-11,17H,12-15H2,1-6H3,(H,21,22)/t17-/m0/s1. The molecule has 1 atom stereocenters. The third kappa shape index (κ3) is 7.29. The second-order valence-corrected chi connectivity index (χ2v) is 12.8. The van der Waals surface area contributed by atoms with Gasteiger partial charge in [-0.15, -0.1) is 0 Å². The zero-order valence-corrected chi connectivity index (χ0v) is 17.9. The topological polar surface area (TPSA) is 64.6 Å². The molecule has 0 radical (unpaired) electrons. The van der Waals surface area contributed by atoms with E-state index in [1.807, 2.05) is 30.3 Å². The Morgan fingerprint density at radius 3 is 2.31 bits per heavy atom. The lowest BCUT2D eigenvalue weighted by Crippen LogP contribution is -2.45. The molecule has 0 unspecified atom stereocenters. The summed E-state index contributed by atoms with van der Waals surface area (Å²) < 4.78 is 10.9. The summed E-state index contributed by atoms with van der Waals surface area (Å²) in [5, 5.41) is 2.89. The van der Waals surface area contributed by atoms with E-state index >= 15 is 0 Å². The van der Waals surface area contributed by atoms with Crippen LogP contribution in [0.1, 0.15) is 39.2 Å². The van der Waals surface area contributed by atoms with Crippen LogP contribution in [0.3, 0.4) is 0 Å². The Labute approximate surface area is 158 Å². The number of aryl methyl sites for hydroxylation is 1. The summed E-state index contributed by atoms with van der Waals surface area (Å²) in [5.74, 6) is -0.589. The van der Waals surface area contributed by atoms with Gasteiger partial charge in [-0.3, -0.25) is 4.79 Å². The highest BCUT2D eigenvalue weighted by Crippen LogP contribution is 2.36. The number of hydrogen-bond donors (Lipinski definition) is 1. The predicted octanol–water partition coefficient (Wildman–Crippen LogP) is 3.69. The second kappa shape index (κ2) is 9.88. The lowest BCUT2D eigenvalue weighted by Gasteiger charge is -2.36. The van der Waals surface area contributed by atoms with Gasteiger partial charge in [0.1, 0.15) is 6.04 Å². The number of carbonyl (C=O) groups is 2. The summed E-state index contributed by atoms with van der Waals surface area (Å²) in [6.45, 7) is 11.3. The van der Waals surface area contributed by atoms with Crippen molar-refractivity contribution in [2.45, 2.75) is 64.2 Å². The Morgan fingerprint density at radius 2 is 1.77 bits per heavy atom. The average molecular weight is 380 g/mol. The van der Waals surface area contributed by atoms with Crippen LogP contribution in [0.2, 0.25) is 18.1 Å². The Bertz CT molecular complexity index is 581. The summed E-state index contributed by atoms with van der Waals surface area (Å²) in [5.41, 5.74) is 1.10. The highest BCUT2D eigenvalue weighted by molar-refractivity contribution is 6.74. The number of hydrogen-bond acceptors (Lipinski definition) is 4. The number of benzene rings is 1. The first-order valence-corrected chi connectivity index (χ1v) is 12.0. The highest BCUT2D eigenvalue weighted by Gasteiger charge is 2.37. The minimum atomic E-state index is -1.88. The molecule has 26 heavy (non-hydrogen) atoms. The number of methoxy groups -OCH3 is 1. The smallest absolute Gasteiger partial charge is 0.328 e. The molecule has 146 valence electrons. The fraction of sp³-hybridized carbons (Fsp3) is 0.600. The molecule has 1 aromatic rings. The van der Waals surface area contributed by atoms with Crippen LogP contribution < -0.4 is 5.32 Å². The number of carbonyl (C=O) groups excluding carboxylic acids is 2. The highest BCUT2D eigenvalue weighted by atomic mass is 28.4. The maximum atomic E-state index is 12.2. The molecule has 1 N–H and O–H groups in total. The van der Waals surface area contributed by atoms with Gasteiger partial charge in [0.15, 0.2) is 8.32 Å². The fourth-order valence-electron chi connectivity index (χ4n) is 2.21. The maximum absolute atomic E-state index is 12.2. The first-order chi connectivity index (χ1) is 12.1. The van der Waals surface area contributed by atoms with Crippen LogP contribution in [0.15, 0.2) is 30.3 Å². The van der Waals surface area contributed by atoms with Gasteiger partial charge in [0.25, 0.3) is 0 Å². The normalized spacial score (nSPS) is 13.2. The number of nitrogens with one attached hydrogen (secondary N) is 1. The van der Waals surface area contributed by atoms with Crippen molar-refractivity contribution in [2.24, 2.45) is 0 Å². The van der Waals surface area contributed by atoms with Crippen molar-refractivity contribution in [1.29, 1.82) is 0 Å². The molecule has 0 saturated heterocycles. The first kappa shape index (κ1) is 22.4. The third-order valence-corrected chi connectivity index (χ3v) is 9.52. The van der Waals surface area contributed by atoms with Crippen molar-refractivity contribution >= 4 is 20.2 Å². The third-order valence-electron chi connectivity index (χ3n) is 4.98. The summed E-state index contributed by atoms with van der Waals surface area (Å²) in [7, 11) is -0.547. The quantitative estimate of drug-likeness (QED) is 0.525. The van der Waals surface area contributed by atoms with Gasteiger partial charge in [-0.2, -0.15) is 0 Å². The van der Waals surface area contributed by atoms with Crippen molar-refractivity contribution in [1.82, 2.24) is 5.32 Å². The van der Waals surface area contributed by atoms with Crippen LogP contribution in [0.5, 0.6) is 0 Å². The van der Waals surface area contributed by atoms with Crippen molar-refractivity contribution in [3.8, 4) is 0 Å². The molecule has 0 aliphatic rings. The van der Waals surface area contributed by atoms with E-state index in [9.17, 15) is 9.59 Å². The Morgan fingerprint density at radius 1 is 1.15 bits per heavy atom. The van der Waals surface area contributed by atoms with Gasteiger partial charge in [0.2, 0.25) is 5.91 Å². The molecule has 1 amide bonds. The van der Waals surface area contributed by atoms with E-state index in [0.717, 1.165) is 5.56 Å². The Hall–Kier alpha value is -1.66. The zero-order chi connectivity index (χ0) is 19.8. The van der Waals surface area contributed by atoms with E-state index in [4.69, 9.17) is 9.16 Å². The molecular formula is C20H33NO4Si. The van der Waals surface area contributed by atoms with Crippen molar-refractivity contribution in [3.63, 3.8) is 0 Å². The van der Waals surface area contributed by atoms with Gasteiger partial charge >= 0.3 is 5.97 Å². The van der Waals surface area contributed by atoms with E-state index in [-0.39, 0.29) is 10.9 Å². The van der Waals surface area contributed by atoms with E-state index in [1.54, 1.807) is 0 Å². The van der Waals surface area contributed by atoms with Gasteiger partial charge in [0.05, 0.1) is 7.11 Å². The lowest BCUT2D eigenvalue weighted by molar-refractivity contribution is -0.145. The van der Waals surface area contributed by atoms with Crippen molar-refractivity contribution in [3.05, 3.63) is 35.9 Å². The second-order valence-electron chi connectivity index (χ2n) is 8.03. The molecule has 1 rings (SSSR count). The number of rotatable bonds is 9. The van der Waals surface area contributed by atoms with Crippen LogP contribution >= 0.6 is 0 Å². The van der Waals surface area contributed by atoms with Crippen LogP contribution in [0.4, 0.5) is 0 Å². The molecule has 0 bridgehead atoms. The summed E-state index contributed by atoms with van der Waals surface area (Å²) in [4.78, 5) is 24.2. The van der Waals surface area contributed by atoms with Crippen LogP contribution in [0.25, 0.3) is 0 Å². The molecule has 0 fully saturated rings. The van der Waals surface area contributed by atoms with Crippen LogP contribution in [0, 0.1) is 0 Å². The molecule has 5 nitrogen and oxygen atoms in total. The number of ether oxygens (including phenoxy) is 1. The molecule has 0 aliphatic heterocycles. The molecule has 0 spiro atoms. The Balaban J connectivity index is 2.53. The van der Waals surface area contributed by atoms with E-state index in [2.05, 4.69) is 39.2 Å². The van der Waals surface area contributed by atoms with Crippen LogP contribution in [-0.2, 0) is 25.2 Å². The van der Waals surface area contributed by atoms with E-state index in [1.165, 1.54) is 7.11 Å². The van der Waals surface area contributed by atoms with Crippen molar-refractivity contribution in [2.75, 3.05) is 13.7 Å². The molecular weight excluding hydrogens is 346 g/mol. The first-order valence-electron chi connectivity index (χ1n) is 9.12. The minimum absolute atomic E-state index is 0.104. The van der Waals surface area contributed by atoms with Gasteiger partial charge in [-0.1, -0.05) is 51.1 Å². The van der Waals surface area contributed by atoms with Gasteiger partial charge in [0, 0.05) is 19.4 Å². The molecule has 0 heterocycles. The van der Waals surface area contributed by atoms with E-state index in [0.29, 0.717) is 25.9 Å².